The molecule has 1 atom stereocenters. The van der Waals surface area contributed by atoms with Gasteiger partial charge in [0.05, 0.1) is 19.2 Å². The Balaban J connectivity index is 1.50. The van der Waals surface area contributed by atoms with Gasteiger partial charge in [0.15, 0.2) is 0 Å². The third kappa shape index (κ3) is 5.15. The van der Waals surface area contributed by atoms with Gasteiger partial charge in [0.1, 0.15) is 0 Å². The molecule has 1 aromatic heterocycles. The number of amides is 1. The van der Waals surface area contributed by atoms with Gasteiger partial charge in [-0.2, -0.15) is 4.98 Å². The molecule has 0 saturated carbocycles. The first-order valence-corrected chi connectivity index (χ1v) is 9.70. The highest BCUT2D eigenvalue weighted by molar-refractivity contribution is 5.78. The molecule has 1 aliphatic rings. The van der Waals surface area contributed by atoms with Gasteiger partial charge in [0, 0.05) is 45.4 Å². The van der Waals surface area contributed by atoms with Crippen molar-refractivity contribution in [3.63, 3.8) is 0 Å². The van der Waals surface area contributed by atoms with Gasteiger partial charge in [-0.3, -0.25) is 9.69 Å². The first kappa shape index (κ1) is 20.4. The van der Waals surface area contributed by atoms with Crippen molar-refractivity contribution < 1.29 is 14.1 Å². The Bertz CT molecular complexity index is 753. The lowest BCUT2D eigenvalue weighted by Crippen LogP contribution is -2.51. The number of aromatic nitrogens is 2. The van der Waals surface area contributed by atoms with Crippen LogP contribution in [0, 0.1) is 6.92 Å². The van der Waals surface area contributed by atoms with Gasteiger partial charge in [-0.05, 0) is 13.8 Å². The largest absolute Gasteiger partial charge is 0.383 e. The first-order valence-electron chi connectivity index (χ1n) is 9.70. The average molecular weight is 387 g/mol. The topological polar surface area (TPSA) is 83.7 Å². The minimum absolute atomic E-state index is 0.0174. The van der Waals surface area contributed by atoms with Crippen molar-refractivity contribution in [2.24, 2.45) is 0 Å². The quantitative estimate of drug-likeness (QED) is 0.687. The molecular formula is C20H29N5O3. The molecule has 8 nitrogen and oxygen atoms in total. The molecule has 28 heavy (non-hydrogen) atoms. The van der Waals surface area contributed by atoms with Crippen LogP contribution in [0.5, 0.6) is 0 Å². The number of hydrogen-bond acceptors (Lipinski definition) is 7. The van der Waals surface area contributed by atoms with Gasteiger partial charge in [0.2, 0.25) is 17.6 Å². The second-order valence-corrected chi connectivity index (χ2v) is 7.08. The van der Waals surface area contributed by atoms with Crippen molar-refractivity contribution in [3.8, 4) is 11.4 Å². The number of nitrogens with zero attached hydrogens (tertiary/aromatic N) is 4. The number of rotatable bonds is 8. The predicted octanol–water partition coefficient (Wildman–Crippen LogP) is 1.49. The SMILES string of the molecule is COCCNCC(=O)N1CCN(C(C)c2nc(-c3ccc(C)cc3)no2)CC1. The molecule has 1 amide bonds. The van der Waals surface area contributed by atoms with E-state index in [0.717, 1.165) is 18.7 Å². The molecule has 152 valence electrons. The molecule has 1 unspecified atom stereocenters. The van der Waals surface area contributed by atoms with Gasteiger partial charge in [-0.1, -0.05) is 35.0 Å². The molecule has 1 saturated heterocycles. The number of benzene rings is 1. The monoisotopic (exact) mass is 387 g/mol. The fraction of sp³-hybridized carbons (Fsp3) is 0.550. The Morgan fingerprint density at radius 1 is 1.25 bits per heavy atom. The summed E-state index contributed by atoms with van der Waals surface area (Å²) < 4.78 is 10.5. The lowest BCUT2D eigenvalue weighted by atomic mass is 10.1. The Morgan fingerprint density at radius 2 is 1.96 bits per heavy atom. The van der Waals surface area contributed by atoms with Gasteiger partial charge in [-0.25, -0.2) is 0 Å². The lowest BCUT2D eigenvalue weighted by Gasteiger charge is -2.36. The van der Waals surface area contributed by atoms with E-state index in [1.54, 1.807) is 7.11 Å². The molecule has 0 spiro atoms. The van der Waals surface area contributed by atoms with E-state index in [9.17, 15) is 4.79 Å². The molecular weight excluding hydrogens is 358 g/mol. The Kier molecular flexibility index (Phi) is 7.13. The molecule has 2 heterocycles. The molecule has 0 bridgehead atoms. The summed E-state index contributed by atoms with van der Waals surface area (Å²) in [6.45, 7) is 8.72. The summed E-state index contributed by atoms with van der Waals surface area (Å²) >= 11 is 0. The van der Waals surface area contributed by atoms with Gasteiger partial charge >= 0.3 is 0 Å². The number of carbonyl (C=O) groups is 1. The van der Waals surface area contributed by atoms with Gasteiger partial charge < -0.3 is 19.5 Å². The minimum Gasteiger partial charge on any atom is -0.383 e. The maximum absolute atomic E-state index is 12.3. The Hall–Kier alpha value is -2.29. The summed E-state index contributed by atoms with van der Waals surface area (Å²) in [5.41, 5.74) is 2.14. The number of aryl methyl sites for hydroxylation is 1. The summed E-state index contributed by atoms with van der Waals surface area (Å²) in [6.07, 6.45) is 0. The second kappa shape index (κ2) is 9.77. The van der Waals surface area contributed by atoms with Crippen LogP contribution in [0.25, 0.3) is 11.4 Å². The maximum Gasteiger partial charge on any atom is 0.244 e. The highest BCUT2D eigenvalue weighted by Crippen LogP contribution is 2.23. The van der Waals surface area contributed by atoms with E-state index in [0.29, 0.717) is 44.5 Å². The predicted molar refractivity (Wildman–Crippen MR) is 106 cm³/mol. The van der Waals surface area contributed by atoms with Crippen molar-refractivity contribution in [3.05, 3.63) is 35.7 Å². The number of methoxy groups -OCH3 is 1. The standard InChI is InChI=1S/C20H29N5O3/c1-15-4-6-17(7-5-15)19-22-20(28-23-19)16(2)24-9-11-25(12-10-24)18(26)14-21-8-13-27-3/h4-7,16,21H,8-14H2,1-3H3. The van der Waals surface area contributed by atoms with Gasteiger partial charge in [-0.15, -0.1) is 0 Å². The molecule has 0 radical (unpaired) electrons. The van der Waals surface area contributed by atoms with E-state index in [4.69, 9.17) is 9.26 Å². The van der Waals surface area contributed by atoms with Crippen LogP contribution in [0.2, 0.25) is 0 Å². The molecule has 1 aromatic carbocycles. The Labute approximate surface area is 165 Å². The molecule has 8 heteroatoms. The van der Waals surface area contributed by atoms with E-state index < -0.39 is 0 Å². The number of hydrogen-bond donors (Lipinski definition) is 1. The van der Waals surface area contributed by atoms with Crippen LogP contribution in [0.3, 0.4) is 0 Å². The molecule has 1 N–H and O–H groups in total. The van der Waals surface area contributed by atoms with Crippen LogP contribution in [-0.2, 0) is 9.53 Å². The fourth-order valence-corrected chi connectivity index (χ4v) is 3.22. The molecule has 1 fully saturated rings. The van der Waals surface area contributed by atoms with Crippen molar-refractivity contribution in [2.75, 3.05) is 53.0 Å². The van der Waals surface area contributed by atoms with E-state index in [1.807, 2.05) is 36.1 Å². The minimum atomic E-state index is 0.0174. The van der Waals surface area contributed by atoms with Crippen molar-refractivity contribution in [1.29, 1.82) is 0 Å². The van der Waals surface area contributed by atoms with E-state index in [1.165, 1.54) is 5.56 Å². The summed E-state index contributed by atoms with van der Waals surface area (Å²) in [7, 11) is 1.65. The second-order valence-electron chi connectivity index (χ2n) is 7.08. The van der Waals surface area contributed by atoms with Crippen LogP contribution in [0.4, 0.5) is 0 Å². The first-order chi connectivity index (χ1) is 13.6. The molecule has 1 aliphatic heterocycles. The zero-order valence-corrected chi connectivity index (χ0v) is 16.9. The average Bonchev–Trinajstić information content (AvgIpc) is 3.21. The zero-order chi connectivity index (χ0) is 19.9. The fourth-order valence-electron chi connectivity index (χ4n) is 3.22. The van der Waals surface area contributed by atoms with E-state index >= 15 is 0 Å². The number of piperazine rings is 1. The summed E-state index contributed by atoms with van der Waals surface area (Å²) in [5, 5.41) is 7.23. The third-order valence-electron chi connectivity index (χ3n) is 5.08. The zero-order valence-electron chi connectivity index (χ0n) is 16.9. The maximum atomic E-state index is 12.3. The van der Waals surface area contributed by atoms with Crippen LogP contribution >= 0.6 is 0 Å². The van der Waals surface area contributed by atoms with Crippen molar-refractivity contribution in [2.45, 2.75) is 19.9 Å². The molecule has 2 aromatic rings. The summed E-state index contributed by atoms with van der Waals surface area (Å²) in [4.78, 5) is 21.0. The number of ether oxygens (including phenoxy) is 1. The highest BCUT2D eigenvalue weighted by atomic mass is 16.5. The number of carbonyl (C=O) groups excluding carboxylic acids is 1. The van der Waals surface area contributed by atoms with Crippen molar-refractivity contribution >= 4 is 5.91 Å². The van der Waals surface area contributed by atoms with Crippen molar-refractivity contribution in [1.82, 2.24) is 25.3 Å². The van der Waals surface area contributed by atoms with Crippen LogP contribution < -0.4 is 5.32 Å². The molecule has 3 rings (SSSR count). The van der Waals surface area contributed by atoms with Crippen LogP contribution in [0.15, 0.2) is 28.8 Å². The summed E-state index contributed by atoms with van der Waals surface area (Å²) in [6, 6.07) is 8.09. The smallest absolute Gasteiger partial charge is 0.244 e. The normalized spacial score (nSPS) is 16.3. The van der Waals surface area contributed by atoms with Gasteiger partial charge in [0.25, 0.3) is 0 Å². The Morgan fingerprint density at radius 3 is 2.64 bits per heavy atom. The van der Waals surface area contributed by atoms with E-state index in [-0.39, 0.29) is 11.9 Å². The van der Waals surface area contributed by atoms with Crippen LogP contribution in [0.1, 0.15) is 24.4 Å². The highest BCUT2D eigenvalue weighted by Gasteiger charge is 2.27. The molecule has 0 aliphatic carbocycles. The number of nitrogens with one attached hydrogen (secondary N) is 1. The summed E-state index contributed by atoms with van der Waals surface area (Å²) in [5.74, 6) is 1.34. The van der Waals surface area contributed by atoms with Crippen LogP contribution in [-0.4, -0.2) is 78.8 Å². The lowest BCUT2D eigenvalue weighted by molar-refractivity contribution is -0.132. The van der Waals surface area contributed by atoms with E-state index in [2.05, 4.69) is 27.3 Å². The third-order valence-corrected chi connectivity index (χ3v) is 5.08.